The highest BCUT2D eigenvalue weighted by Crippen LogP contribution is 2.26. The van der Waals surface area contributed by atoms with E-state index < -0.39 is 27.4 Å². The molecule has 4 rings (SSSR count). The molecule has 0 saturated carbocycles. The van der Waals surface area contributed by atoms with E-state index in [0.29, 0.717) is 22.0 Å². The van der Waals surface area contributed by atoms with E-state index in [9.17, 15) is 23.3 Å². The molecule has 0 fully saturated rings. The molecule has 0 unspecified atom stereocenters. The minimum Gasteiger partial charge on any atom is -0.489 e. The summed E-state index contributed by atoms with van der Waals surface area (Å²) < 4.78 is 33.8. The van der Waals surface area contributed by atoms with Crippen LogP contribution in [0.4, 0.5) is 11.4 Å². The van der Waals surface area contributed by atoms with E-state index in [2.05, 4.69) is 10.5 Å². The largest absolute Gasteiger partial charge is 0.489 e. The third-order valence-corrected chi connectivity index (χ3v) is 8.34. The van der Waals surface area contributed by atoms with Crippen LogP contribution in [-0.4, -0.2) is 32.0 Å². The summed E-state index contributed by atoms with van der Waals surface area (Å²) in [6, 6.07) is 23.9. The molecule has 10 nitrogen and oxygen atoms in total. The Bertz CT molecular complexity index is 1710. The summed E-state index contributed by atoms with van der Waals surface area (Å²) in [5.74, 6) is -0.0592. The number of benzene rings is 4. The minimum atomic E-state index is -4.09. The highest BCUT2D eigenvalue weighted by atomic mass is 35.5. The van der Waals surface area contributed by atoms with Gasteiger partial charge in [0.05, 0.1) is 21.7 Å². The molecule has 0 aliphatic rings. The van der Waals surface area contributed by atoms with Gasteiger partial charge in [-0.2, -0.15) is 5.10 Å². The number of aryl methyl sites for hydroxylation is 2. The quantitative estimate of drug-likeness (QED) is 0.131. The lowest BCUT2D eigenvalue weighted by molar-refractivity contribution is -0.384. The lowest BCUT2D eigenvalue weighted by atomic mass is 10.1. The number of nitro benzene ring substituents is 1. The Morgan fingerprint density at radius 2 is 1.64 bits per heavy atom. The standard InChI is InChI=1S/C30H27ClN4O6S/c1-21-3-10-27(17-22(21)2)34(42(39,40)29-15-8-25(31)9-16-29)19-30(36)33-32-18-23-6-13-28(14-7-23)41-20-24-4-11-26(12-5-24)35(37)38/h3-18H,19-20H2,1-2H3,(H,33,36)/b32-18-. The summed E-state index contributed by atoms with van der Waals surface area (Å²) in [5, 5.41) is 15.1. The monoisotopic (exact) mass is 606 g/mol. The molecule has 0 aliphatic heterocycles. The number of carbonyl (C=O) groups excluding carboxylic acids is 1. The summed E-state index contributed by atoms with van der Waals surface area (Å²) >= 11 is 5.94. The van der Waals surface area contributed by atoms with Gasteiger partial charge in [-0.3, -0.25) is 19.2 Å². The SMILES string of the molecule is Cc1ccc(N(CC(=O)N/N=C\c2ccc(OCc3ccc([N+](=O)[O-])cc3)cc2)S(=O)(=O)c2ccc(Cl)cc2)cc1C. The Morgan fingerprint density at radius 3 is 2.26 bits per heavy atom. The molecular formula is C30H27ClN4O6S. The summed E-state index contributed by atoms with van der Waals surface area (Å²) in [6.07, 6.45) is 1.42. The van der Waals surface area contributed by atoms with Crippen molar-refractivity contribution >= 4 is 45.1 Å². The zero-order chi connectivity index (χ0) is 30.3. The summed E-state index contributed by atoms with van der Waals surface area (Å²) in [5.41, 5.74) is 6.05. The van der Waals surface area contributed by atoms with Crippen molar-refractivity contribution in [3.05, 3.63) is 128 Å². The zero-order valence-corrected chi connectivity index (χ0v) is 24.3. The fraction of sp³-hybridized carbons (Fsp3) is 0.133. The topological polar surface area (TPSA) is 131 Å². The molecule has 4 aromatic rings. The van der Waals surface area contributed by atoms with Crippen molar-refractivity contribution < 1.29 is 22.9 Å². The number of halogens is 1. The first kappa shape index (κ1) is 30.2. The average Bonchev–Trinajstić information content (AvgIpc) is 2.97. The summed E-state index contributed by atoms with van der Waals surface area (Å²) in [7, 11) is -4.09. The Hall–Kier alpha value is -4.74. The summed E-state index contributed by atoms with van der Waals surface area (Å²) in [6.45, 7) is 3.51. The molecule has 0 aliphatic carbocycles. The van der Waals surface area contributed by atoms with Crippen LogP contribution in [0.1, 0.15) is 22.3 Å². The molecule has 42 heavy (non-hydrogen) atoms. The summed E-state index contributed by atoms with van der Waals surface area (Å²) in [4.78, 5) is 23.1. The van der Waals surface area contributed by atoms with Gasteiger partial charge in [-0.1, -0.05) is 17.7 Å². The van der Waals surface area contributed by atoms with E-state index in [1.54, 1.807) is 54.6 Å². The van der Waals surface area contributed by atoms with Crippen LogP contribution in [0.5, 0.6) is 5.75 Å². The van der Waals surface area contributed by atoms with Gasteiger partial charge in [0.15, 0.2) is 0 Å². The molecule has 0 spiro atoms. The van der Waals surface area contributed by atoms with E-state index in [4.69, 9.17) is 16.3 Å². The van der Waals surface area contributed by atoms with Crippen molar-refractivity contribution in [1.82, 2.24) is 5.43 Å². The zero-order valence-electron chi connectivity index (χ0n) is 22.7. The fourth-order valence-electron chi connectivity index (χ4n) is 3.80. The number of nitro groups is 1. The second kappa shape index (κ2) is 13.3. The Kier molecular flexibility index (Phi) is 9.56. The third-order valence-electron chi connectivity index (χ3n) is 6.30. The maximum absolute atomic E-state index is 13.5. The predicted molar refractivity (Wildman–Crippen MR) is 162 cm³/mol. The molecular weight excluding hydrogens is 580 g/mol. The molecule has 0 heterocycles. The Balaban J connectivity index is 1.40. The van der Waals surface area contributed by atoms with Crippen LogP contribution in [0.25, 0.3) is 0 Å². The van der Waals surface area contributed by atoms with Gasteiger partial charge in [0.25, 0.3) is 21.6 Å². The minimum absolute atomic E-state index is 0.00248. The molecule has 0 saturated heterocycles. The first-order valence-corrected chi connectivity index (χ1v) is 14.5. The second-order valence-electron chi connectivity index (χ2n) is 9.31. The van der Waals surface area contributed by atoms with Gasteiger partial charge in [-0.15, -0.1) is 0 Å². The maximum Gasteiger partial charge on any atom is 0.269 e. The third kappa shape index (κ3) is 7.71. The fourth-order valence-corrected chi connectivity index (χ4v) is 5.34. The maximum atomic E-state index is 13.5. The van der Waals surface area contributed by atoms with Crippen LogP contribution < -0.4 is 14.5 Å². The Morgan fingerprint density at radius 1 is 0.976 bits per heavy atom. The first-order chi connectivity index (χ1) is 20.0. The number of carbonyl (C=O) groups is 1. The molecule has 0 bridgehead atoms. The number of amides is 1. The van der Waals surface area contributed by atoms with Gasteiger partial charge in [0, 0.05) is 17.2 Å². The van der Waals surface area contributed by atoms with Gasteiger partial charge in [-0.05, 0) is 109 Å². The molecule has 0 aromatic heterocycles. The molecule has 0 atom stereocenters. The first-order valence-electron chi connectivity index (χ1n) is 12.7. The lowest BCUT2D eigenvalue weighted by Gasteiger charge is -2.24. The van der Waals surface area contributed by atoms with Crippen molar-refractivity contribution in [2.24, 2.45) is 5.10 Å². The van der Waals surface area contributed by atoms with E-state index in [1.165, 1.54) is 42.6 Å². The van der Waals surface area contributed by atoms with E-state index in [1.807, 2.05) is 13.8 Å². The molecule has 216 valence electrons. The number of rotatable bonds is 11. The van der Waals surface area contributed by atoms with Crippen molar-refractivity contribution in [3.63, 3.8) is 0 Å². The second-order valence-corrected chi connectivity index (χ2v) is 11.6. The van der Waals surface area contributed by atoms with Crippen molar-refractivity contribution in [3.8, 4) is 5.75 Å². The Labute approximate surface area is 248 Å². The van der Waals surface area contributed by atoms with Gasteiger partial charge < -0.3 is 4.74 Å². The molecule has 12 heteroatoms. The number of anilines is 1. The number of nitrogens with zero attached hydrogens (tertiary/aromatic N) is 3. The van der Waals surface area contributed by atoms with Crippen LogP contribution in [0.3, 0.4) is 0 Å². The highest BCUT2D eigenvalue weighted by Gasteiger charge is 2.27. The number of ether oxygens (including phenoxy) is 1. The van der Waals surface area contributed by atoms with Crippen LogP contribution in [0.15, 0.2) is 101 Å². The van der Waals surface area contributed by atoms with E-state index >= 15 is 0 Å². The smallest absolute Gasteiger partial charge is 0.269 e. The predicted octanol–water partition coefficient (Wildman–Crippen LogP) is 5.79. The highest BCUT2D eigenvalue weighted by molar-refractivity contribution is 7.92. The molecule has 4 aromatic carbocycles. The number of nitrogens with one attached hydrogen (secondary N) is 1. The molecule has 0 radical (unpaired) electrons. The van der Waals surface area contributed by atoms with E-state index in [-0.39, 0.29) is 17.2 Å². The lowest BCUT2D eigenvalue weighted by Crippen LogP contribution is -2.39. The molecule has 1 amide bonds. The van der Waals surface area contributed by atoms with Crippen LogP contribution in [0.2, 0.25) is 5.02 Å². The number of sulfonamides is 1. The van der Waals surface area contributed by atoms with Gasteiger partial charge in [0.1, 0.15) is 18.9 Å². The number of hydrazone groups is 1. The molecule has 1 N–H and O–H groups in total. The van der Waals surface area contributed by atoms with Crippen molar-refractivity contribution in [2.75, 3.05) is 10.8 Å². The number of hydrogen-bond donors (Lipinski definition) is 1. The van der Waals surface area contributed by atoms with Crippen LogP contribution in [0, 0.1) is 24.0 Å². The number of hydrogen-bond acceptors (Lipinski definition) is 7. The van der Waals surface area contributed by atoms with Gasteiger partial charge >= 0.3 is 0 Å². The van der Waals surface area contributed by atoms with Crippen LogP contribution in [-0.2, 0) is 21.4 Å². The number of non-ortho nitro benzene ring substituents is 1. The van der Waals surface area contributed by atoms with Gasteiger partial charge in [-0.25, -0.2) is 13.8 Å². The average molecular weight is 607 g/mol. The van der Waals surface area contributed by atoms with Crippen molar-refractivity contribution in [2.45, 2.75) is 25.3 Å². The van der Waals surface area contributed by atoms with Crippen molar-refractivity contribution in [1.29, 1.82) is 0 Å². The van der Waals surface area contributed by atoms with Crippen LogP contribution >= 0.6 is 11.6 Å². The van der Waals surface area contributed by atoms with E-state index in [0.717, 1.165) is 21.0 Å². The normalized spacial score (nSPS) is 11.3. The van der Waals surface area contributed by atoms with Gasteiger partial charge in [0.2, 0.25) is 0 Å².